The Hall–Kier alpha value is -3.00. The molecule has 0 aliphatic carbocycles. The molecule has 130 valence electrons. The number of hydrogen-bond acceptors (Lipinski definition) is 4. The number of carbonyl (C=O) groups is 1. The van der Waals surface area contributed by atoms with Gasteiger partial charge in [0.1, 0.15) is 0 Å². The largest absolute Gasteiger partial charge is 0.293 e. The molecule has 4 nitrogen and oxygen atoms in total. The van der Waals surface area contributed by atoms with Gasteiger partial charge in [-0.25, -0.2) is 10.9 Å². The van der Waals surface area contributed by atoms with Gasteiger partial charge in [-0.3, -0.25) is 4.79 Å². The number of carbonyl (C=O) groups excluding carboxylic acids is 1. The Morgan fingerprint density at radius 3 is 2.15 bits per heavy atom. The standard InChI is InChI=1S/C22H21N3O/c1-16-21(19(15-23)14-18-10-6-3-7-11-18)24-25-22(16)20(26)13-12-17-8-4-2-5-9-17/h2-14,16,21-22,24-25H,1H3/b13-12+,19-14-. The monoisotopic (exact) mass is 343 g/mol. The Balaban J connectivity index is 1.72. The summed E-state index contributed by atoms with van der Waals surface area (Å²) in [7, 11) is 0. The molecule has 0 bridgehead atoms. The first-order valence-corrected chi connectivity index (χ1v) is 8.64. The van der Waals surface area contributed by atoms with Crippen LogP contribution in [0.25, 0.3) is 12.2 Å². The van der Waals surface area contributed by atoms with E-state index in [1.165, 1.54) is 0 Å². The highest BCUT2D eigenvalue weighted by atomic mass is 16.1. The molecule has 1 aliphatic heterocycles. The van der Waals surface area contributed by atoms with Gasteiger partial charge in [-0.2, -0.15) is 5.26 Å². The van der Waals surface area contributed by atoms with Crippen molar-refractivity contribution >= 4 is 17.9 Å². The number of rotatable bonds is 5. The summed E-state index contributed by atoms with van der Waals surface area (Å²) in [5.74, 6) is -0.0501. The van der Waals surface area contributed by atoms with Gasteiger partial charge in [0, 0.05) is 11.5 Å². The van der Waals surface area contributed by atoms with E-state index in [1.54, 1.807) is 6.08 Å². The van der Waals surface area contributed by atoms with Crippen LogP contribution in [-0.2, 0) is 4.79 Å². The number of hydrogen-bond donors (Lipinski definition) is 2. The van der Waals surface area contributed by atoms with Gasteiger partial charge < -0.3 is 0 Å². The maximum absolute atomic E-state index is 12.6. The minimum atomic E-state index is -0.368. The van der Waals surface area contributed by atoms with E-state index in [0.29, 0.717) is 5.57 Å². The van der Waals surface area contributed by atoms with Crippen molar-refractivity contribution in [3.05, 3.63) is 83.4 Å². The van der Waals surface area contributed by atoms with E-state index in [9.17, 15) is 10.1 Å². The fourth-order valence-electron chi connectivity index (χ4n) is 3.09. The summed E-state index contributed by atoms with van der Waals surface area (Å²) in [6.07, 6.45) is 5.28. The Morgan fingerprint density at radius 2 is 1.54 bits per heavy atom. The van der Waals surface area contributed by atoms with Crippen LogP contribution in [0.2, 0.25) is 0 Å². The van der Waals surface area contributed by atoms with E-state index in [-0.39, 0.29) is 23.8 Å². The van der Waals surface area contributed by atoms with Crippen LogP contribution in [-0.4, -0.2) is 17.9 Å². The van der Waals surface area contributed by atoms with Crippen LogP contribution in [0.5, 0.6) is 0 Å². The minimum absolute atomic E-state index is 0.00615. The predicted molar refractivity (Wildman–Crippen MR) is 104 cm³/mol. The zero-order chi connectivity index (χ0) is 18.4. The molecule has 3 unspecified atom stereocenters. The summed E-state index contributed by atoms with van der Waals surface area (Å²) in [6, 6.07) is 21.1. The van der Waals surface area contributed by atoms with Crippen LogP contribution in [0.15, 0.2) is 72.3 Å². The number of ketones is 1. The predicted octanol–water partition coefficient (Wildman–Crippen LogP) is 3.36. The van der Waals surface area contributed by atoms with Crippen molar-refractivity contribution in [1.82, 2.24) is 10.9 Å². The number of nitrogens with one attached hydrogen (secondary N) is 2. The highest BCUT2D eigenvalue weighted by Crippen LogP contribution is 2.23. The zero-order valence-corrected chi connectivity index (χ0v) is 14.6. The van der Waals surface area contributed by atoms with E-state index in [4.69, 9.17) is 0 Å². The molecule has 0 saturated carbocycles. The Labute approximate surface area is 153 Å². The molecule has 2 N–H and O–H groups in total. The van der Waals surface area contributed by atoms with Gasteiger partial charge in [-0.15, -0.1) is 0 Å². The molecule has 2 aromatic carbocycles. The van der Waals surface area contributed by atoms with E-state index in [0.717, 1.165) is 11.1 Å². The fraction of sp³-hybridized carbons (Fsp3) is 0.182. The van der Waals surface area contributed by atoms with Crippen LogP contribution < -0.4 is 10.9 Å². The first-order valence-electron chi connectivity index (χ1n) is 8.64. The van der Waals surface area contributed by atoms with Crippen molar-refractivity contribution in [3.8, 4) is 6.07 Å². The molecular formula is C22H21N3O. The SMILES string of the molecule is CC1C(C(=O)/C=C/c2ccccc2)NNC1/C(C#N)=C\c1ccccc1. The molecule has 26 heavy (non-hydrogen) atoms. The van der Waals surface area contributed by atoms with Crippen LogP contribution >= 0.6 is 0 Å². The number of nitrogens with zero attached hydrogens (tertiary/aromatic N) is 1. The molecule has 1 fully saturated rings. The first kappa shape index (κ1) is 17.8. The van der Waals surface area contributed by atoms with E-state index < -0.39 is 0 Å². The second kappa shape index (κ2) is 8.39. The van der Waals surface area contributed by atoms with E-state index in [1.807, 2.05) is 79.7 Å². The van der Waals surface area contributed by atoms with E-state index in [2.05, 4.69) is 16.9 Å². The lowest BCUT2D eigenvalue weighted by Gasteiger charge is -2.16. The quantitative estimate of drug-likeness (QED) is 0.645. The maximum Gasteiger partial charge on any atom is 0.174 e. The van der Waals surface area contributed by atoms with Gasteiger partial charge in [0.25, 0.3) is 0 Å². The Bertz CT molecular complexity index is 850. The maximum atomic E-state index is 12.6. The summed E-state index contributed by atoms with van der Waals surface area (Å²) in [5.41, 5.74) is 8.72. The topological polar surface area (TPSA) is 64.9 Å². The van der Waals surface area contributed by atoms with Crippen molar-refractivity contribution in [2.24, 2.45) is 5.92 Å². The molecule has 0 radical (unpaired) electrons. The molecule has 1 aliphatic rings. The molecule has 1 heterocycles. The lowest BCUT2D eigenvalue weighted by atomic mass is 9.88. The third-order valence-electron chi connectivity index (χ3n) is 4.58. The van der Waals surface area contributed by atoms with E-state index >= 15 is 0 Å². The number of nitriles is 1. The third-order valence-corrected chi connectivity index (χ3v) is 4.58. The van der Waals surface area contributed by atoms with Gasteiger partial charge in [-0.05, 0) is 23.3 Å². The second-order valence-corrected chi connectivity index (χ2v) is 6.37. The summed E-state index contributed by atoms with van der Waals surface area (Å²) in [6.45, 7) is 1.98. The summed E-state index contributed by atoms with van der Waals surface area (Å²) >= 11 is 0. The summed E-state index contributed by atoms with van der Waals surface area (Å²) in [4.78, 5) is 12.6. The average molecular weight is 343 g/mol. The normalized spacial score (nSPS) is 23.1. The molecule has 3 rings (SSSR count). The first-order chi connectivity index (χ1) is 12.7. The van der Waals surface area contributed by atoms with Crippen molar-refractivity contribution in [2.45, 2.75) is 19.0 Å². The van der Waals surface area contributed by atoms with Gasteiger partial charge in [-0.1, -0.05) is 73.7 Å². The van der Waals surface area contributed by atoms with Crippen LogP contribution in [0.4, 0.5) is 0 Å². The molecular weight excluding hydrogens is 322 g/mol. The van der Waals surface area contributed by atoms with Crippen molar-refractivity contribution in [3.63, 3.8) is 0 Å². The van der Waals surface area contributed by atoms with Crippen LogP contribution in [0, 0.1) is 17.2 Å². The summed E-state index contributed by atoms with van der Waals surface area (Å²) in [5, 5.41) is 9.56. The average Bonchev–Trinajstić information content (AvgIpc) is 3.07. The lowest BCUT2D eigenvalue weighted by Crippen LogP contribution is -2.37. The smallest absolute Gasteiger partial charge is 0.174 e. The van der Waals surface area contributed by atoms with Gasteiger partial charge in [0.2, 0.25) is 0 Å². The van der Waals surface area contributed by atoms with Gasteiger partial charge in [0.05, 0.1) is 18.2 Å². The van der Waals surface area contributed by atoms with Gasteiger partial charge in [0.15, 0.2) is 5.78 Å². The number of benzene rings is 2. The molecule has 1 saturated heterocycles. The van der Waals surface area contributed by atoms with Crippen LogP contribution in [0.1, 0.15) is 18.1 Å². The third kappa shape index (κ3) is 4.15. The van der Waals surface area contributed by atoms with Gasteiger partial charge >= 0.3 is 0 Å². The Morgan fingerprint density at radius 1 is 0.962 bits per heavy atom. The second-order valence-electron chi connectivity index (χ2n) is 6.37. The van der Waals surface area contributed by atoms with Crippen molar-refractivity contribution in [2.75, 3.05) is 0 Å². The number of hydrazine groups is 1. The molecule has 0 amide bonds. The van der Waals surface area contributed by atoms with Crippen molar-refractivity contribution in [1.29, 1.82) is 5.26 Å². The molecule has 3 atom stereocenters. The zero-order valence-electron chi connectivity index (χ0n) is 14.6. The van der Waals surface area contributed by atoms with Crippen LogP contribution in [0.3, 0.4) is 0 Å². The molecule has 0 aromatic heterocycles. The Kier molecular flexibility index (Phi) is 5.75. The molecule has 4 heteroatoms. The van der Waals surface area contributed by atoms with Crippen molar-refractivity contribution < 1.29 is 4.79 Å². The fourth-order valence-corrected chi connectivity index (χ4v) is 3.09. The highest BCUT2D eigenvalue weighted by molar-refractivity contribution is 5.98. The summed E-state index contributed by atoms with van der Waals surface area (Å²) < 4.78 is 0. The minimum Gasteiger partial charge on any atom is -0.293 e. The molecule has 2 aromatic rings. The highest BCUT2D eigenvalue weighted by Gasteiger charge is 2.37. The lowest BCUT2D eigenvalue weighted by molar-refractivity contribution is -0.116. The molecule has 0 spiro atoms.